The van der Waals surface area contributed by atoms with Crippen LogP contribution < -0.4 is 21.3 Å². The molecule has 4 rings (SSSR count). The minimum atomic E-state index is -0.512. The molecule has 1 saturated heterocycles. The van der Waals surface area contributed by atoms with Crippen LogP contribution in [0, 0.1) is 0 Å². The number of nitrogens with one attached hydrogen (secondary N) is 2. The van der Waals surface area contributed by atoms with Gasteiger partial charge in [-0.25, -0.2) is 9.78 Å². The number of rotatable bonds is 5. The number of amides is 3. The van der Waals surface area contributed by atoms with E-state index in [1.165, 1.54) is 6.92 Å². The lowest BCUT2D eigenvalue weighted by Crippen LogP contribution is -2.50. The van der Waals surface area contributed by atoms with Crippen LogP contribution in [0.1, 0.15) is 38.1 Å². The standard InChI is InChI=1S/C29H34N6O4/c1-19(36)32-22-7-9-23(10-8-22)33-27(37)25-17-21(18-31-26(25)30)20-5-11-24(12-6-20)34-13-15-35(16-14-34)28(38)39-29(2,3)4/h5-12,17-18H,13-16H2,1-4H3,(H2,30,31)(H,32,36)(H,33,37). The molecule has 1 aromatic heterocycles. The summed E-state index contributed by atoms with van der Waals surface area (Å²) in [4.78, 5) is 44.7. The minimum Gasteiger partial charge on any atom is -0.444 e. The summed E-state index contributed by atoms with van der Waals surface area (Å²) in [6.45, 7) is 9.62. The monoisotopic (exact) mass is 530 g/mol. The number of anilines is 4. The van der Waals surface area contributed by atoms with E-state index in [2.05, 4.69) is 20.5 Å². The first kappa shape index (κ1) is 27.4. The van der Waals surface area contributed by atoms with Crippen LogP contribution in [-0.4, -0.2) is 59.6 Å². The Bertz CT molecular complexity index is 1340. The van der Waals surface area contributed by atoms with Crippen LogP contribution >= 0.6 is 0 Å². The van der Waals surface area contributed by atoms with Crippen LogP contribution in [0.15, 0.2) is 60.8 Å². The van der Waals surface area contributed by atoms with Gasteiger partial charge in [-0.2, -0.15) is 0 Å². The van der Waals surface area contributed by atoms with Crippen molar-refractivity contribution in [2.45, 2.75) is 33.3 Å². The zero-order chi connectivity index (χ0) is 28.2. The number of piperazine rings is 1. The van der Waals surface area contributed by atoms with Crippen molar-refractivity contribution in [2.24, 2.45) is 0 Å². The summed E-state index contributed by atoms with van der Waals surface area (Å²) < 4.78 is 5.48. The Balaban J connectivity index is 1.40. The number of nitrogen functional groups attached to an aromatic ring is 1. The van der Waals surface area contributed by atoms with Crippen molar-refractivity contribution >= 4 is 40.8 Å². The molecule has 39 heavy (non-hydrogen) atoms. The van der Waals surface area contributed by atoms with E-state index >= 15 is 0 Å². The molecular formula is C29H34N6O4. The van der Waals surface area contributed by atoms with E-state index < -0.39 is 5.60 Å². The maximum atomic E-state index is 12.9. The molecule has 2 aromatic carbocycles. The van der Waals surface area contributed by atoms with Crippen LogP contribution in [-0.2, 0) is 9.53 Å². The molecule has 0 atom stereocenters. The highest BCUT2D eigenvalue weighted by atomic mass is 16.6. The van der Waals surface area contributed by atoms with Crippen molar-refractivity contribution in [3.8, 4) is 11.1 Å². The van der Waals surface area contributed by atoms with E-state index in [1.54, 1.807) is 41.4 Å². The second kappa shape index (κ2) is 11.4. The molecule has 204 valence electrons. The summed E-state index contributed by atoms with van der Waals surface area (Å²) in [5.41, 5.74) is 9.68. The first-order valence-corrected chi connectivity index (χ1v) is 12.8. The third-order valence-electron chi connectivity index (χ3n) is 6.12. The maximum Gasteiger partial charge on any atom is 0.410 e. The summed E-state index contributed by atoms with van der Waals surface area (Å²) in [6.07, 6.45) is 1.36. The fourth-order valence-electron chi connectivity index (χ4n) is 4.19. The minimum absolute atomic E-state index is 0.130. The smallest absolute Gasteiger partial charge is 0.410 e. The Kier molecular flexibility index (Phi) is 8.04. The zero-order valence-electron chi connectivity index (χ0n) is 22.7. The molecule has 0 unspecified atom stereocenters. The SMILES string of the molecule is CC(=O)Nc1ccc(NC(=O)c2cc(-c3ccc(N4CCN(C(=O)OC(C)(C)C)CC4)cc3)cnc2N)cc1. The Morgan fingerprint density at radius 1 is 0.872 bits per heavy atom. The van der Waals surface area contributed by atoms with E-state index in [4.69, 9.17) is 10.5 Å². The summed E-state index contributed by atoms with van der Waals surface area (Å²) in [7, 11) is 0. The highest BCUT2D eigenvalue weighted by Gasteiger charge is 2.26. The maximum absolute atomic E-state index is 12.9. The molecule has 0 aliphatic carbocycles. The van der Waals surface area contributed by atoms with Gasteiger partial charge in [0, 0.05) is 61.9 Å². The van der Waals surface area contributed by atoms with E-state index in [1.807, 2.05) is 45.0 Å². The number of pyridine rings is 1. The van der Waals surface area contributed by atoms with Crippen LogP contribution in [0.5, 0.6) is 0 Å². The van der Waals surface area contributed by atoms with Gasteiger partial charge >= 0.3 is 6.09 Å². The Labute approximate surface area is 228 Å². The van der Waals surface area contributed by atoms with Crippen LogP contribution in [0.2, 0.25) is 0 Å². The van der Waals surface area contributed by atoms with Crippen molar-refractivity contribution in [3.63, 3.8) is 0 Å². The first-order valence-electron chi connectivity index (χ1n) is 12.8. The highest BCUT2D eigenvalue weighted by Crippen LogP contribution is 2.26. The van der Waals surface area contributed by atoms with Gasteiger partial charge in [-0.1, -0.05) is 12.1 Å². The molecule has 1 aliphatic rings. The van der Waals surface area contributed by atoms with Gasteiger partial charge in [0.05, 0.1) is 5.56 Å². The van der Waals surface area contributed by atoms with Crippen LogP contribution in [0.4, 0.5) is 27.7 Å². The topological polar surface area (TPSA) is 130 Å². The van der Waals surface area contributed by atoms with Gasteiger partial charge in [-0.05, 0) is 68.8 Å². The molecule has 0 spiro atoms. The molecule has 10 nitrogen and oxygen atoms in total. The van der Waals surface area contributed by atoms with Crippen LogP contribution in [0.25, 0.3) is 11.1 Å². The van der Waals surface area contributed by atoms with Gasteiger partial charge in [0.2, 0.25) is 5.91 Å². The predicted octanol–water partition coefficient (Wildman–Crippen LogP) is 4.60. The average Bonchev–Trinajstić information content (AvgIpc) is 2.89. The highest BCUT2D eigenvalue weighted by molar-refractivity contribution is 6.08. The Hall–Kier alpha value is -4.60. The van der Waals surface area contributed by atoms with Gasteiger partial charge in [0.15, 0.2) is 0 Å². The van der Waals surface area contributed by atoms with Gasteiger partial charge in [-0.15, -0.1) is 0 Å². The largest absolute Gasteiger partial charge is 0.444 e. The first-order chi connectivity index (χ1) is 18.5. The van der Waals surface area contributed by atoms with E-state index in [-0.39, 0.29) is 29.3 Å². The zero-order valence-corrected chi connectivity index (χ0v) is 22.7. The lowest BCUT2D eigenvalue weighted by Gasteiger charge is -2.36. The van der Waals surface area contributed by atoms with Gasteiger partial charge in [0.25, 0.3) is 5.91 Å². The lowest BCUT2D eigenvalue weighted by molar-refractivity contribution is -0.114. The molecule has 1 aliphatic heterocycles. The number of carbonyl (C=O) groups is 3. The average molecular weight is 531 g/mol. The van der Waals surface area contributed by atoms with Crippen molar-refractivity contribution in [1.29, 1.82) is 0 Å². The molecule has 3 aromatic rings. The van der Waals surface area contributed by atoms with Crippen molar-refractivity contribution in [3.05, 3.63) is 66.4 Å². The molecule has 0 bridgehead atoms. The molecule has 10 heteroatoms. The Morgan fingerprint density at radius 2 is 1.46 bits per heavy atom. The van der Waals surface area contributed by atoms with Crippen molar-refractivity contribution < 1.29 is 19.1 Å². The molecule has 1 fully saturated rings. The van der Waals surface area contributed by atoms with Gasteiger partial charge < -0.3 is 30.9 Å². The fourth-order valence-corrected chi connectivity index (χ4v) is 4.19. The van der Waals surface area contributed by atoms with Crippen molar-refractivity contribution in [2.75, 3.05) is 47.4 Å². The Morgan fingerprint density at radius 3 is 2.03 bits per heavy atom. The van der Waals surface area contributed by atoms with Gasteiger partial charge in [-0.3, -0.25) is 9.59 Å². The number of carbonyl (C=O) groups excluding carboxylic acids is 3. The second-order valence-electron chi connectivity index (χ2n) is 10.4. The van der Waals surface area contributed by atoms with Crippen molar-refractivity contribution in [1.82, 2.24) is 9.88 Å². The lowest BCUT2D eigenvalue weighted by atomic mass is 10.0. The summed E-state index contributed by atoms with van der Waals surface area (Å²) >= 11 is 0. The normalized spacial score (nSPS) is 13.5. The predicted molar refractivity (Wildman–Crippen MR) is 153 cm³/mol. The third kappa shape index (κ3) is 7.25. The molecular weight excluding hydrogens is 496 g/mol. The number of hydrogen-bond acceptors (Lipinski definition) is 7. The number of nitrogens with two attached hydrogens (primary N) is 1. The number of hydrogen-bond donors (Lipinski definition) is 3. The van der Waals surface area contributed by atoms with E-state index in [9.17, 15) is 14.4 Å². The second-order valence-corrected chi connectivity index (χ2v) is 10.4. The molecule has 0 radical (unpaired) electrons. The molecule has 3 amide bonds. The third-order valence-corrected chi connectivity index (χ3v) is 6.12. The summed E-state index contributed by atoms with van der Waals surface area (Å²) in [5, 5.41) is 5.50. The number of benzene rings is 2. The van der Waals surface area contributed by atoms with Gasteiger partial charge in [0.1, 0.15) is 11.4 Å². The number of ether oxygens (including phenoxy) is 1. The number of aromatic nitrogens is 1. The quantitative estimate of drug-likeness (QED) is 0.440. The number of nitrogens with zero attached hydrogens (tertiary/aromatic N) is 3. The van der Waals surface area contributed by atoms with E-state index in [0.717, 1.165) is 16.8 Å². The molecule has 4 N–H and O–H groups in total. The summed E-state index contributed by atoms with van der Waals surface area (Å²) in [5.74, 6) is -0.421. The van der Waals surface area contributed by atoms with Crippen LogP contribution in [0.3, 0.4) is 0 Å². The fraction of sp³-hybridized carbons (Fsp3) is 0.310. The van der Waals surface area contributed by atoms with E-state index in [0.29, 0.717) is 37.6 Å². The molecule has 0 saturated carbocycles. The summed E-state index contributed by atoms with van der Waals surface area (Å²) in [6, 6.07) is 16.5. The molecule has 2 heterocycles.